The fourth-order valence-electron chi connectivity index (χ4n) is 4.74. The predicted octanol–water partition coefficient (Wildman–Crippen LogP) is 5.38. The molecule has 0 spiro atoms. The topological polar surface area (TPSA) is 24.3 Å². The molecule has 29 heavy (non-hydrogen) atoms. The molecule has 6 rings (SSSR count). The van der Waals surface area contributed by atoms with Crippen LogP contribution in [0.2, 0.25) is 0 Å². The van der Waals surface area contributed by atoms with Crippen LogP contribution in [0, 0.1) is 6.92 Å². The van der Waals surface area contributed by atoms with Gasteiger partial charge in [0.25, 0.3) is 0 Å². The van der Waals surface area contributed by atoms with Crippen molar-refractivity contribution in [1.29, 1.82) is 0 Å². The molecule has 0 bridgehead atoms. The van der Waals surface area contributed by atoms with Crippen molar-refractivity contribution in [2.45, 2.75) is 26.4 Å². The van der Waals surface area contributed by atoms with Crippen LogP contribution in [0.25, 0.3) is 16.7 Å². The summed E-state index contributed by atoms with van der Waals surface area (Å²) in [6.07, 6.45) is 5.46. The molecule has 0 radical (unpaired) electrons. The summed E-state index contributed by atoms with van der Waals surface area (Å²) in [5.74, 6) is 1.13. The Bertz CT molecular complexity index is 1270. The molecule has 4 aromatic rings. The standard InChI is InChI=1S/C25H22N4/c1-17-12-13-19-16-23-26-21-10-6-7-11-22(21)29(23)25(19)24(17)28-15-14-27(18(28)2)20-8-4-3-5-9-20/h3-15,18H,16H2,1-2H3/t18-/m0/s1. The zero-order valence-electron chi connectivity index (χ0n) is 16.6. The van der Waals surface area contributed by atoms with Crippen molar-refractivity contribution in [3.05, 3.63) is 96.1 Å². The first-order chi connectivity index (χ1) is 14.2. The second kappa shape index (κ2) is 5.98. The lowest BCUT2D eigenvalue weighted by molar-refractivity contribution is 0.746. The fourth-order valence-corrected chi connectivity index (χ4v) is 4.74. The molecular formula is C25H22N4. The van der Waals surface area contributed by atoms with E-state index >= 15 is 0 Å². The van der Waals surface area contributed by atoms with E-state index in [-0.39, 0.29) is 6.17 Å². The average molecular weight is 378 g/mol. The Kier molecular flexibility index (Phi) is 3.39. The van der Waals surface area contributed by atoms with E-state index in [0.29, 0.717) is 0 Å². The summed E-state index contributed by atoms with van der Waals surface area (Å²) in [6, 6.07) is 23.5. The molecule has 0 unspecified atom stereocenters. The zero-order chi connectivity index (χ0) is 19.5. The lowest BCUT2D eigenvalue weighted by Crippen LogP contribution is -2.36. The molecule has 2 aliphatic heterocycles. The van der Waals surface area contributed by atoms with E-state index in [2.05, 4.69) is 107 Å². The molecule has 1 aromatic heterocycles. The highest BCUT2D eigenvalue weighted by Gasteiger charge is 2.32. The van der Waals surface area contributed by atoms with Gasteiger partial charge in [0.15, 0.2) is 0 Å². The lowest BCUT2D eigenvalue weighted by Gasteiger charge is -2.32. The van der Waals surface area contributed by atoms with E-state index in [0.717, 1.165) is 17.8 Å². The molecular weight excluding hydrogens is 356 g/mol. The van der Waals surface area contributed by atoms with Gasteiger partial charge < -0.3 is 9.80 Å². The maximum Gasteiger partial charge on any atom is 0.119 e. The Labute approximate surface area is 170 Å². The molecule has 4 heteroatoms. The number of aromatic nitrogens is 2. The van der Waals surface area contributed by atoms with Crippen LogP contribution in [0.3, 0.4) is 0 Å². The molecule has 0 saturated heterocycles. The Morgan fingerprint density at radius 3 is 2.45 bits per heavy atom. The average Bonchev–Trinajstić information content (AvgIpc) is 3.40. The molecule has 3 aromatic carbocycles. The van der Waals surface area contributed by atoms with Crippen LogP contribution < -0.4 is 9.80 Å². The van der Waals surface area contributed by atoms with Crippen LogP contribution in [0.4, 0.5) is 11.4 Å². The van der Waals surface area contributed by atoms with Crippen LogP contribution in [0.15, 0.2) is 79.1 Å². The second-order valence-corrected chi connectivity index (χ2v) is 7.85. The summed E-state index contributed by atoms with van der Waals surface area (Å²) >= 11 is 0. The molecule has 0 amide bonds. The van der Waals surface area contributed by atoms with Crippen molar-refractivity contribution in [1.82, 2.24) is 9.55 Å². The van der Waals surface area contributed by atoms with Gasteiger partial charge in [-0.1, -0.05) is 42.5 Å². The summed E-state index contributed by atoms with van der Waals surface area (Å²) < 4.78 is 2.36. The van der Waals surface area contributed by atoms with Gasteiger partial charge in [-0.05, 0) is 49.2 Å². The Morgan fingerprint density at radius 2 is 1.59 bits per heavy atom. The van der Waals surface area contributed by atoms with Gasteiger partial charge in [0.2, 0.25) is 0 Å². The third-order valence-electron chi connectivity index (χ3n) is 6.14. The summed E-state index contributed by atoms with van der Waals surface area (Å²) in [6.45, 7) is 4.46. The van der Waals surface area contributed by atoms with Crippen molar-refractivity contribution in [2.24, 2.45) is 0 Å². The molecule has 2 aliphatic rings. The SMILES string of the molecule is Cc1ccc2c(c1N1C=CN(c3ccccc3)[C@@H]1C)-n1c(nc3ccccc31)C2. The fraction of sp³-hybridized carbons (Fsp3) is 0.160. The maximum absolute atomic E-state index is 4.90. The van der Waals surface area contributed by atoms with Gasteiger partial charge >= 0.3 is 0 Å². The maximum atomic E-state index is 4.90. The van der Waals surface area contributed by atoms with Gasteiger partial charge in [-0.25, -0.2) is 4.98 Å². The predicted molar refractivity (Wildman–Crippen MR) is 119 cm³/mol. The van der Waals surface area contributed by atoms with Gasteiger partial charge in [0, 0.05) is 24.5 Å². The van der Waals surface area contributed by atoms with Gasteiger partial charge in [-0.3, -0.25) is 4.57 Å². The molecule has 4 nitrogen and oxygen atoms in total. The molecule has 142 valence electrons. The number of para-hydroxylation sites is 3. The zero-order valence-corrected chi connectivity index (χ0v) is 16.6. The van der Waals surface area contributed by atoms with Crippen molar-refractivity contribution in [3.8, 4) is 5.69 Å². The Morgan fingerprint density at radius 1 is 0.828 bits per heavy atom. The number of rotatable bonds is 2. The van der Waals surface area contributed by atoms with Crippen LogP contribution in [0.1, 0.15) is 23.9 Å². The van der Waals surface area contributed by atoms with E-state index in [9.17, 15) is 0 Å². The van der Waals surface area contributed by atoms with Gasteiger partial charge in [-0.2, -0.15) is 0 Å². The largest absolute Gasteiger partial charge is 0.326 e. The van der Waals surface area contributed by atoms with Crippen LogP contribution >= 0.6 is 0 Å². The highest BCUT2D eigenvalue weighted by molar-refractivity contribution is 5.85. The third-order valence-corrected chi connectivity index (χ3v) is 6.14. The molecule has 0 N–H and O–H groups in total. The monoisotopic (exact) mass is 378 g/mol. The van der Waals surface area contributed by atoms with Gasteiger partial charge in [0.05, 0.1) is 22.4 Å². The first kappa shape index (κ1) is 16.4. The Hall–Kier alpha value is -3.53. The number of anilines is 2. The summed E-state index contributed by atoms with van der Waals surface area (Å²) in [4.78, 5) is 9.62. The van der Waals surface area contributed by atoms with E-state index < -0.39 is 0 Å². The minimum absolute atomic E-state index is 0.196. The van der Waals surface area contributed by atoms with E-state index in [1.807, 2.05) is 0 Å². The minimum atomic E-state index is 0.196. The van der Waals surface area contributed by atoms with Crippen molar-refractivity contribution in [3.63, 3.8) is 0 Å². The molecule has 3 heterocycles. The van der Waals surface area contributed by atoms with E-state index in [1.54, 1.807) is 0 Å². The number of nitrogens with zero attached hydrogens (tertiary/aromatic N) is 4. The number of benzene rings is 3. The van der Waals surface area contributed by atoms with Crippen molar-refractivity contribution >= 4 is 22.4 Å². The number of hydrogen-bond acceptors (Lipinski definition) is 3. The first-order valence-electron chi connectivity index (χ1n) is 10.1. The minimum Gasteiger partial charge on any atom is -0.326 e. The Balaban J connectivity index is 1.52. The van der Waals surface area contributed by atoms with E-state index in [4.69, 9.17) is 4.98 Å². The van der Waals surface area contributed by atoms with E-state index in [1.165, 1.54) is 33.7 Å². The first-order valence-corrected chi connectivity index (χ1v) is 10.1. The molecule has 1 atom stereocenters. The summed E-state index contributed by atoms with van der Waals surface area (Å²) in [5.41, 5.74) is 8.63. The smallest absolute Gasteiger partial charge is 0.119 e. The summed E-state index contributed by atoms with van der Waals surface area (Å²) in [5, 5.41) is 0. The van der Waals surface area contributed by atoms with Crippen molar-refractivity contribution in [2.75, 3.05) is 9.80 Å². The molecule has 0 saturated carbocycles. The third kappa shape index (κ3) is 2.29. The van der Waals surface area contributed by atoms with Crippen LogP contribution in [-0.2, 0) is 6.42 Å². The summed E-state index contributed by atoms with van der Waals surface area (Å²) in [7, 11) is 0. The number of fused-ring (bicyclic) bond motifs is 5. The quantitative estimate of drug-likeness (QED) is 0.412. The number of imidazole rings is 1. The van der Waals surface area contributed by atoms with Gasteiger partial charge in [-0.15, -0.1) is 0 Å². The number of hydrogen-bond donors (Lipinski definition) is 0. The second-order valence-electron chi connectivity index (χ2n) is 7.85. The highest BCUT2D eigenvalue weighted by atomic mass is 15.4. The lowest BCUT2D eigenvalue weighted by atomic mass is 10.0. The van der Waals surface area contributed by atoms with Crippen LogP contribution in [0.5, 0.6) is 0 Å². The van der Waals surface area contributed by atoms with Crippen molar-refractivity contribution < 1.29 is 0 Å². The number of aryl methyl sites for hydroxylation is 1. The van der Waals surface area contributed by atoms with Gasteiger partial charge in [0.1, 0.15) is 12.0 Å². The van der Waals surface area contributed by atoms with Crippen LogP contribution in [-0.4, -0.2) is 15.7 Å². The molecule has 0 aliphatic carbocycles. The molecule has 0 fully saturated rings. The highest BCUT2D eigenvalue weighted by Crippen LogP contribution is 2.42. The normalized spacial score (nSPS) is 17.2.